The highest BCUT2D eigenvalue weighted by molar-refractivity contribution is 5.81. The zero-order chi connectivity index (χ0) is 23.8. The summed E-state index contributed by atoms with van der Waals surface area (Å²) in [5, 5.41) is 3.58. The summed E-state index contributed by atoms with van der Waals surface area (Å²) in [7, 11) is 0. The van der Waals surface area contributed by atoms with E-state index in [2.05, 4.69) is 5.10 Å². The van der Waals surface area contributed by atoms with Crippen molar-refractivity contribution in [1.82, 2.24) is 9.78 Å². The van der Waals surface area contributed by atoms with Crippen molar-refractivity contribution in [2.24, 2.45) is 0 Å². The smallest absolute Gasteiger partial charge is 0.279 e. The molecule has 0 aliphatic carbocycles. The molecule has 0 fully saturated rings. The zero-order valence-corrected chi connectivity index (χ0v) is 18.1. The Balaban J connectivity index is 1.39. The number of H-pyrrole nitrogens is 1. The summed E-state index contributed by atoms with van der Waals surface area (Å²) in [6, 6.07) is 20.4. The summed E-state index contributed by atoms with van der Waals surface area (Å²) >= 11 is 0. The third-order valence-electron chi connectivity index (χ3n) is 5.72. The number of benzene rings is 4. The van der Waals surface area contributed by atoms with E-state index in [1.807, 2.05) is 6.07 Å². The maximum atomic E-state index is 13.7. The van der Waals surface area contributed by atoms with E-state index in [9.17, 15) is 18.0 Å². The maximum Gasteiger partial charge on any atom is 0.279 e. The lowest BCUT2D eigenvalue weighted by atomic mass is 10.0. The molecular weight excluding hydrogens is 441 g/mol. The SMILES string of the molecule is Cc1cc(F)c(F)cc1-c1ccc(OCc2cccc3c(=O)n(-c4ccc(F)cc4)[nH]c23)cc1. The lowest BCUT2D eigenvalue weighted by Crippen LogP contribution is -2.13. The minimum atomic E-state index is -0.893. The Bertz CT molecular complexity index is 1550. The number of nitrogens with one attached hydrogen (secondary N) is 1. The van der Waals surface area contributed by atoms with Crippen molar-refractivity contribution in [3.8, 4) is 22.6 Å². The topological polar surface area (TPSA) is 47.0 Å². The van der Waals surface area contributed by atoms with Gasteiger partial charge in [0, 0.05) is 5.56 Å². The number of rotatable bonds is 5. The largest absolute Gasteiger partial charge is 0.489 e. The normalized spacial score (nSPS) is 11.2. The van der Waals surface area contributed by atoms with Gasteiger partial charge in [0.1, 0.15) is 18.2 Å². The Hall–Kier alpha value is -4.26. The van der Waals surface area contributed by atoms with Crippen LogP contribution in [0, 0.1) is 24.4 Å². The standard InChI is InChI=1S/C27H19F3N2O2/c1-16-13-24(29)25(30)14-23(16)17-5-11-21(12-6-17)34-15-18-3-2-4-22-26(18)31-32(27(22)33)20-9-7-19(28)8-10-20/h2-14,31H,15H2,1H3. The van der Waals surface area contributed by atoms with Crippen LogP contribution in [0.4, 0.5) is 13.2 Å². The second kappa shape index (κ2) is 8.59. The van der Waals surface area contributed by atoms with Crippen LogP contribution < -0.4 is 10.3 Å². The first-order valence-electron chi connectivity index (χ1n) is 10.6. The number of aromatic nitrogens is 2. The zero-order valence-electron chi connectivity index (χ0n) is 18.1. The van der Waals surface area contributed by atoms with Gasteiger partial charge in [-0.1, -0.05) is 24.3 Å². The van der Waals surface area contributed by atoms with Gasteiger partial charge < -0.3 is 4.74 Å². The maximum absolute atomic E-state index is 13.7. The quantitative estimate of drug-likeness (QED) is 0.335. The van der Waals surface area contributed by atoms with Gasteiger partial charge in [0.2, 0.25) is 0 Å². The van der Waals surface area contributed by atoms with Gasteiger partial charge in [0.15, 0.2) is 11.6 Å². The Kier molecular flexibility index (Phi) is 5.45. The van der Waals surface area contributed by atoms with Crippen molar-refractivity contribution in [1.29, 1.82) is 0 Å². The molecule has 0 spiro atoms. The van der Waals surface area contributed by atoms with Crippen LogP contribution in [0.15, 0.2) is 83.7 Å². The Labute approximate surface area is 192 Å². The molecule has 0 radical (unpaired) electrons. The molecule has 0 unspecified atom stereocenters. The number of fused-ring (bicyclic) bond motifs is 1. The Morgan fingerprint density at radius 3 is 2.32 bits per heavy atom. The predicted molar refractivity (Wildman–Crippen MR) is 125 cm³/mol. The molecule has 1 aromatic heterocycles. The van der Waals surface area contributed by atoms with Crippen LogP contribution in [-0.4, -0.2) is 9.78 Å². The molecular formula is C27H19F3N2O2. The van der Waals surface area contributed by atoms with Crippen molar-refractivity contribution >= 4 is 10.9 Å². The molecule has 0 saturated carbocycles. The van der Waals surface area contributed by atoms with Gasteiger partial charge in [-0.15, -0.1) is 0 Å². The van der Waals surface area contributed by atoms with Crippen LogP contribution >= 0.6 is 0 Å². The van der Waals surface area contributed by atoms with Gasteiger partial charge in [-0.05, 0) is 78.2 Å². The third-order valence-corrected chi connectivity index (χ3v) is 5.72. The van der Waals surface area contributed by atoms with Crippen LogP contribution in [0.1, 0.15) is 11.1 Å². The second-order valence-electron chi connectivity index (χ2n) is 7.96. The molecule has 170 valence electrons. The monoisotopic (exact) mass is 460 g/mol. The molecule has 5 rings (SSSR count). The summed E-state index contributed by atoms with van der Waals surface area (Å²) in [6.07, 6.45) is 0. The first-order chi connectivity index (χ1) is 16.4. The van der Waals surface area contributed by atoms with Crippen molar-refractivity contribution < 1.29 is 17.9 Å². The number of aromatic amines is 1. The molecule has 0 atom stereocenters. The number of aryl methyl sites for hydroxylation is 1. The van der Waals surface area contributed by atoms with E-state index >= 15 is 0 Å². The molecule has 1 N–H and O–H groups in total. The molecule has 5 aromatic rings. The van der Waals surface area contributed by atoms with Crippen molar-refractivity contribution in [2.45, 2.75) is 13.5 Å². The summed E-state index contributed by atoms with van der Waals surface area (Å²) < 4.78 is 47.6. The van der Waals surface area contributed by atoms with Crippen LogP contribution in [-0.2, 0) is 6.61 Å². The molecule has 0 aliphatic rings. The van der Waals surface area contributed by atoms with Gasteiger partial charge in [0.05, 0.1) is 16.6 Å². The average molecular weight is 460 g/mol. The second-order valence-corrected chi connectivity index (χ2v) is 7.96. The number of nitrogens with zero attached hydrogens (tertiary/aromatic N) is 1. The summed E-state index contributed by atoms with van der Waals surface area (Å²) in [5.41, 5.74) is 3.67. The van der Waals surface area contributed by atoms with E-state index in [0.717, 1.165) is 11.1 Å². The first kappa shape index (κ1) is 21.6. The molecule has 34 heavy (non-hydrogen) atoms. The predicted octanol–water partition coefficient (Wildman–Crippen LogP) is 6.29. The van der Waals surface area contributed by atoms with E-state index in [-0.39, 0.29) is 18.0 Å². The van der Waals surface area contributed by atoms with E-state index in [4.69, 9.17) is 4.74 Å². The first-order valence-corrected chi connectivity index (χ1v) is 10.6. The van der Waals surface area contributed by atoms with Crippen molar-refractivity contribution in [2.75, 3.05) is 0 Å². The lowest BCUT2D eigenvalue weighted by Gasteiger charge is -2.10. The molecule has 4 nitrogen and oxygen atoms in total. The van der Waals surface area contributed by atoms with Crippen molar-refractivity contribution in [3.05, 3.63) is 118 Å². The highest BCUT2D eigenvalue weighted by atomic mass is 19.2. The number of ether oxygens (including phenoxy) is 1. The fourth-order valence-corrected chi connectivity index (χ4v) is 3.93. The van der Waals surface area contributed by atoms with E-state index in [1.54, 1.807) is 43.3 Å². The lowest BCUT2D eigenvalue weighted by molar-refractivity contribution is 0.307. The fraction of sp³-hybridized carbons (Fsp3) is 0.0741. The number of hydrogen-bond acceptors (Lipinski definition) is 2. The average Bonchev–Trinajstić information content (AvgIpc) is 3.18. The molecule has 0 bridgehead atoms. The highest BCUT2D eigenvalue weighted by Gasteiger charge is 2.13. The van der Waals surface area contributed by atoms with Gasteiger partial charge in [-0.3, -0.25) is 9.89 Å². The fourth-order valence-electron chi connectivity index (χ4n) is 3.93. The molecule has 0 amide bonds. The minimum Gasteiger partial charge on any atom is -0.489 e. The molecule has 7 heteroatoms. The number of hydrogen-bond donors (Lipinski definition) is 1. The number of para-hydroxylation sites is 1. The van der Waals surface area contributed by atoms with E-state index in [0.29, 0.717) is 33.5 Å². The molecule has 0 aliphatic heterocycles. The Morgan fingerprint density at radius 2 is 1.59 bits per heavy atom. The van der Waals surface area contributed by atoms with E-state index in [1.165, 1.54) is 41.1 Å². The summed E-state index contributed by atoms with van der Waals surface area (Å²) in [4.78, 5) is 12.8. The minimum absolute atomic E-state index is 0.199. The third kappa shape index (κ3) is 3.96. The van der Waals surface area contributed by atoms with Gasteiger partial charge in [0.25, 0.3) is 5.56 Å². The molecule has 4 aromatic carbocycles. The summed E-state index contributed by atoms with van der Waals surface area (Å²) in [5.74, 6) is -1.56. The van der Waals surface area contributed by atoms with E-state index < -0.39 is 11.6 Å². The molecule has 0 saturated heterocycles. The van der Waals surface area contributed by atoms with Gasteiger partial charge in [-0.25, -0.2) is 17.9 Å². The van der Waals surface area contributed by atoms with Crippen molar-refractivity contribution in [3.63, 3.8) is 0 Å². The van der Waals surface area contributed by atoms with Crippen LogP contribution in [0.2, 0.25) is 0 Å². The number of halogens is 3. The van der Waals surface area contributed by atoms with Gasteiger partial charge in [-0.2, -0.15) is 0 Å². The Morgan fingerprint density at radius 1 is 0.882 bits per heavy atom. The van der Waals surface area contributed by atoms with Crippen LogP contribution in [0.5, 0.6) is 5.75 Å². The molecule has 1 heterocycles. The highest BCUT2D eigenvalue weighted by Crippen LogP contribution is 2.28. The van der Waals surface area contributed by atoms with Crippen LogP contribution in [0.25, 0.3) is 27.7 Å². The summed E-state index contributed by atoms with van der Waals surface area (Å²) in [6.45, 7) is 1.92. The van der Waals surface area contributed by atoms with Gasteiger partial charge >= 0.3 is 0 Å². The van der Waals surface area contributed by atoms with Crippen LogP contribution in [0.3, 0.4) is 0 Å².